The van der Waals surface area contributed by atoms with Crippen molar-refractivity contribution in [2.24, 2.45) is 5.16 Å². The Balaban J connectivity index is 1.76. The molecule has 0 fully saturated rings. The molecule has 5 nitrogen and oxygen atoms in total. The van der Waals surface area contributed by atoms with Gasteiger partial charge in [0, 0.05) is 12.1 Å². The van der Waals surface area contributed by atoms with Crippen LogP contribution in [-0.4, -0.2) is 27.5 Å². The van der Waals surface area contributed by atoms with Crippen LogP contribution in [0, 0.1) is 13.8 Å². The number of carbonyl (C=O) groups is 1. The van der Waals surface area contributed by atoms with Gasteiger partial charge in [-0.25, -0.2) is 4.68 Å². The van der Waals surface area contributed by atoms with Crippen molar-refractivity contribution in [2.45, 2.75) is 26.4 Å². The zero-order valence-corrected chi connectivity index (χ0v) is 11.4. The third kappa shape index (κ3) is 2.22. The number of hydrogen-bond acceptors (Lipinski definition) is 4. The summed E-state index contributed by atoms with van der Waals surface area (Å²) < 4.78 is 1.39. The van der Waals surface area contributed by atoms with Crippen LogP contribution in [0.1, 0.15) is 28.2 Å². The summed E-state index contributed by atoms with van der Waals surface area (Å²) in [6.45, 7) is 3.71. The van der Waals surface area contributed by atoms with Gasteiger partial charge >= 0.3 is 0 Å². The lowest BCUT2D eigenvalue weighted by Crippen LogP contribution is -2.28. The van der Waals surface area contributed by atoms with Crippen molar-refractivity contribution in [1.82, 2.24) is 9.78 Å². The van der Waals surface area contributed by atoms with Crippen LogP contribution < -0.4 is 0 Å². The van der Waals surface area contributed by atoms with E-state index in [1.165, 1.54) is 4.68 Å². The fraction of sp³-hybridized carbons (Fsp3) is 0.267. The van der Waals surface area contributed by atoms with Gasteiger partial charge in [-0.05, 0) is 25.5 Å². The Morgan fingerprint density at radius 3 is 2.70 bits per heavy atom. The minimum Gasteiger partial charge on any atom is -0.382 e. The van der Waals surface area contributed by atoms with Gasteiger partial charge in [0.15, 0.2) is 0 Å². The standard InChI is InChI=1S/C15H15N3O2/c1-10-8-11(2)18(16-10)15(19)14-9-13(17-20-14)12-6-4-3-5-7-12/h3-8,14H,9H2,1-2H3. The van der Waals surface area contributed by atoms with Crippen molar-refractivity contribution in [3.63, 3.8) is 0 Å². The number of aryl methyl sites for hydroxylation is 2. The van der Waals surface area contributed by atoms with Crippen LogP contribution in [-0.2, 0) is 4.84 Å². The molecule has 2 heterocycles. The molecular formula is C15H15N3O2. The summed E-state index contributed by atoms with van der Waals surface area (Å²) in [5.74, 6) is -0.176. The number of nitrogens with zero attached hydrogens (tertiary/aromatic N) is 3. The largest absolute Gasteiger partial charge is 0.382 e. The van der Waals surface area contributed by atoms with Crippen LogP contribution in [0.3, 0.4) is 0 Å². The Morgan fingerprint density at radius 2 is 2.05 bits per heavy atom. The first-order valence-electron chi connectivity index (χ1n) is 6.51. The highest BCUT2D eigenvalue weighted by molar-refractivity contribution is 6.04. The number of hydrogen-bond donors (Lipinski definition) is 0. The molecule has 1 atom stereocenters. The lowest BCUT2D eigenvalue weighted by molar-refractivity contribution is 0.0452. The number of benzene rings is 1. The Kier molecular flexibility index (Phi) is 3.10. The second-order valence-corrected chi connectivity index (χ2v) is 4.88. The highest BCUT2D eigenvalue weighted by Crippen LogP contribution is 2.18. The SMILES string of the molecule is Cc1cc(C)n(C(=O)C2CC(c3ccccc3)=NO2)n1. The first kappa shape index (κ1) is 12.6. The maximum Gasteiger partial charge on any atom is 0.291 e. The van der Waals surface area contributed by atoms with Crippen LogP contribution in [0.5, 0.6) is 0 Å². The number of oxime groups is 1. The molecule has 0 spiro atoms. The van der Waals surface area contributed by atoms with Crippen LogP contribution >= 0.6 is 0 Å². The summed E-state index contributed by atoms with van der Waals surface area (Å²) in [6, 6.07) is 11.6. The maximum atomic E-state index is 12.4. The lowest BCUT2D eigenvalue weighted by Gasteiger charge is -2.08. The van der Waals surface area contributed by atoms with Crippen molar-refractivity contribution < 1.29 is 9.63 Å². The smallest absolute Gasteiger partial charge is 0.291 e. The van der Waals surface area contributed by atoms with E-state index in [-0.39, 0.29) is 5.91 Å². The topological polar surface area (TPSA) is 56.5 Å². The molecule has 1 unspecified atom stereocenters. The van der Waals surface area contributed by atoms with Gasteiger partial charge in [0.2, 0.25) is 6.10 Å². The summed E-state index contributed by atoms with van der Waals surface area (Å²) in [5, 5.41) is 8.21. The fourth-order valence-corrected chi connectivity index (χ4v) is 2.30. The number of rotatable bonds is 2. The van der Waals surface area contributed by atoms with Crippen molar-refractivity contribution in [3.8, 4) is 0 Å². The normalized spacial score (nSPS) is 17.7. The van der Waals surface area contributed by atoms with E-state index in [1.54, 1.807) is 0 Å². The fourth-order valence-electron chi connectivity index (χ4n) is 2.30. The predicted molar refractivity (Wildman–Crippen MR) is 74.8 cm³/mol. The van der Waals surface area contributed by atoms with Gasteiger partial charge in [-0.15, -0.1) is 0 Å². The van der Waals surface area contributed by atoms with Gasteiger partial charge in [0.05, 0.1) is 11.4 Å². The summed E-state index contributed by atoms with van der Waals surface area (Å²) in [6.07, 6.45) is -0.121. The predicted octanol–water partition coefficient (Wildman–Crippen LogP) is 2.33. The molecular weight excluding hydrogens is 254 g/mol. The Hall–Kier alpha value is -2.43. The second-order valence-electron chi connectivity index (χ2n) is 4.88. The summed E-state index contributed by atoms with van der Waals surface area (Å²) >= 11 is 0. The van der Waals surface area contributed by atoms with Crippen LogP contribution in [0.2, 0.25) is 0 Å². The molecule has 0 saturated carbocycles. The average Bonchev–Trinajstić information content (AvgIpc) is 3.06. The minimum absolute atomic E-state index is 0.176. The van der Waals surface area contributed by atoms with E-state index in [0.717, 1.165) is 22.7 Å². The molecule has 0 radical (unpaired) electrons. The van der Waals surface area contributed by atoms with E-state index in [2.05, 4.69) is 10.3 Å². The van der Waals surface area contributed by atoms with Gasteiger partial charge in [0.1, 0.15) is 0 Å². The van der Waals surface area contributed by atoms with Gasteiger partial charge < -0.3 is 4.84 Å². The van der Waals surface area contributed by atoms with Crippen molar-refractivity contribution >= 4 is 11.6 Å². The van der Waals surface area contributed by atoms with Gasteiger partial charge in [-0.1, -0.05) is 35.5 Å². The van der Waals surface area contributed by atoms with E-state index < -0.39 is 6.10 Å². The Bertz CT molecular complexity index is 674. The molecule has 1 aliphatic heterocycles. The van der Waals surface area contributed by atoms with Gasteiger partial charge in [0.25, 0.3) is 5.91 Å². The first-order valence-corrected chi connectivity index (χ1v) is 6.51. The number of aromatic nitrogens is 2. The average molecular weight is 269 g/mol. The van der Waals surface area contributed by atoms with Crippen LogP contribution in [0.4, 0.5) is 0 Å². The highest BCUT2D eigenvalue weighted by atomic mass is 16.6. The van der Waals surface area contributed by atoms with Crippen molar-refractivity contribution in [2.75, 3.05) is 0 Å². The molecule has 0 saturated heterocycles. The monoisotopic (exact) mass is 269 g/mol. The van der Waals surface area contributed by atoms with Gasteiger partial charge in [-0.2, -0.15) is 5.10 Å². The molecule has 0 N–H and O–H groups in total. The molecule has 1 aliphatic rings. The van der Waals surface area contributed by atoms with Crippen LogP contribution in [0.25, 0.3) is 0 Å². The molecule has 2 aromatic rings. The van der Waals surface area contributed by atoms with E-state index in [1.807, 2.05) is 50.2 Å². The molecule has 0 aliphatic carbocycles. The molecule has 1 aromatic carbocycles. The van der Waals surface area contributed by atoms with Crippen LogP contribution in [0.15, 0.2) is 41.6 Å². The Morgan fingerprint density at radius 1 is 1.30 bits per heavy atom. The quantitative estimate of drug-likeness (QED) is 0.840. The minimum atomic E-state index is -0.594. The first-order chi connectivity index (χ1) is 9.65. The highest BCUT2D eigenvalue weighted by Gasteiger charge is 2.31. The molecule has 0 bridgehead atoms. The summed E-state index contributed by atoms with van der Waals surface area (Å²) in [5.41, 5.74) is 3.41. The molecule has 5 heteroatoms. The molecule has 0 amide bonds. The van der Waals surface area contributed by atoms with Crippen molar-refractivity contribution in [3.05, 3.63) is 53.3 Å². The zero-order valence-electron chi connectivity index (χ0n) is 11.4. The van der Waals surface area contributed by atoms with E-state index in [0.29, 0.717) is 6.42 Å². The maximum absolute atomic E-state index is 12.4. The van der Waals surface area contributed by atoms with Gasteiger partial charge in [-0.3, -0.25) is 4.79 Å². The van der Waals surface area contributed by atoms with E-state index >= 15 is 0 Å². The second kappa shape index (κ2) is 4.92. The molecule has 20 heavy (non-hydrogen) atoms. The number of carbonyl (C=O) groups excluding carboxylic acids is 1. The van der Waals surface area contributed by atoms with Crippen molar-refractivity contribution in [1.29, 1.82) is 0 Å². The summed E-state index contributed by atoms with van der Waals surface area (Å²) in [7, 11) is 0. The zero-order chi connectivity index (χ0) is 14.1. The molecule has 3 rings (SSSR count). The summed E-state index contributed by atoms with van der Waals surface area (Å²) in [4.78, 5) is 17.6. The molecule has 1 aromatic heterocycles. The third-order valence-corrected chi connectivity index (χ3v) is 3.27. The lowest BCUT2D eigenvalue weighted by atomic mass is 10.0. The van der Waals surface area contributed by atoms with E-state index in [9.17, 15) is 4.79 Å². The third-order valence-electron chi connectivity index (χ3n) is 3.27. The molecule has 102 valence electrons. The Labute approximate surface area is 116 Å². The van der Waals surface area contributed by atoms with E-state index in [4.69, 9.17) is 4.84 Å².